The van der Waals surface area contributed by atoms with E-state index < -0.39 is 30.1 Å². The van der Waals surface area contributed by atoms with E-state index in [1.54, 1.807) is 23.1 Å². The summed E-state index contributed by atoms with van der Waals surface area (Å²) in [5, 5.41) is 23.6. The summed E-state index contributed by atoms with van der Waals surface area (Å²) in [6, 6.07) is 2.48. The fourth-order valence-electron chi connectivity index (χ4n) is 5.55. The van der Waals surface area contributed by atoms with Crippen LogP contribution in [0.25, 0.3) is 0 Å². The summed E-state index contributed by atoms with van der Waals surface area (Å²) in [6.45, 7) is 2.52. The lowest BCUT2D eigenvalue weighted by Gasteiger charge is -2.41. The van der Waals surface area contributed by atoms with Crippen LogP contribution in [0.5, 0.6) is 11.5 Å². The number of amides is 2. The molecule has 38 heavy (non-hydrogen) atoms. The van der Waals surface area contributed by atoms with Gasteiger partial charge in [-0.05, 0) is 43.4 Å². The van der Waals surface area contributed by atoms with E-state index in [0.717, 1.165) is 44.9 Å². The van der Waals surface area contributed by atoms with Crippen molar-refractivity contribution in [1.29, 1.82) is 0 Å². The van der Waals surface area contributed by atoms with Gasteiger partial charge < -0.3 is 29.9 Å². The van der Waals surface area contributed by atoms with E-state index in [4.69, 9.17) is 9.47 Å². The van der Waals surface area contributed by atoms with Crippen molar-refractivity contribution in [2.24, 2.45) is 5.92 Å². The Morgan fingerprint density at radius 2 is 1.97 bits per heavy atom. The van der Waals surface area contributed by atoms with Gasteiger partial charge in [-0.25, -0.2) is 0 Å². The molecule has 4 atom stereocenters. The molecule has 2 amide bonds. The minimum atomic E-state index is -1.09. The lowest BCUT2D eigenvalue weighted by atomic mass is 9.77. The van der Waals surface area contributed by atoms with Crippen LogP contribution in [-0.4, -0.2) is 78.3 Å². The standard InChI is InChI=1S/C29H40N2O7/c1-3-4-5-6-7-8-24(34)31(16-18-9-10-18)22-15-21(29(36)30-11-12-32)25-20-13-19(17-33)14-23(37-2)27(20)38-28(25)26(22)35/h13-15,17-18,22,25-26,28,32,35H,3-12,16H2,1-2H3,(H,30,36)/t22-,25+,26+,28+/m1/s1. The first-order chi connectivity index (χ1) is 18.4. The molecule has 0 saturated heterocycles. The molecule has 0 radical (unpaired) electrons. The van der Waals surface area contributed by atoms with Crippen LogP contribution < -0.4 is 14.8 Å². The van der Waals surface area contributed by atoms with Crippen molar-refractivity contribution in [2.75, 3.05) is 26.8 Å². The molecule has 1 aliphatic heterocycles. The normalized spacial score (nSPS) is 23.5. The zero-order valence-electron chi connectivity index (χ0n) is 22.4. The Morgan fingerprint density at radius 3 is 2.63 bits per heavy atom. The highest BCUT2D eigenvalue weighted by atomic mass is 16.5. The third-order valence-corrected chi connectivity index (χ3v) is 7.74. The van der Waals surface area contributed by atoms with Crippen LogP contribution in [0.3, 0.4) is 0 Å². The molecule has 1 fully saturated rings. The Balaban J connectivity index is 1.68. The molecule has 9 nitrogen and oxygen atoms in total. The van der Waals surface area contributed by atoms with Crippen LogP contribution in [0.4, 0.5) is 0 Å². The number of benzene rings is 1. The third-order valence-electron chi connectivity index (χ3n) is 7.74. The van der Waals surface area contributed by atoms with Gasteiger partial charge in [0, 0.05) is 36.2 Å². The van der Waals surface area contributed by atoms with Gasteiger partial charge in [0.1, 0.15) is 18.5 Å². The Kier molecular flexibility index (Phi) is 9.44. The fourth-order valence-corrected chi connectivity index (χ4v) is 5.55. The summed E-state index contributed by atoms with van der Waals surface area (Å²) >= 11 is 0. The van der Waals surface area contributed by atoms with E-state index in [2.05, 4.69) is 12.2 Å². The van der Waals surface area contributed by atoms with Crippen molar-refractivity contribution in [3.63, 3.8) is 0 Å². The quantitative estimate of drug-likeness (QED) is 0.250. The summed E-state index contributed by atoms with van der Waals surface area (Å²) < 4.78 is 11.7. The molecule has 3 N–H and O–H groups in total. The average molecular weight is 529 g/mol. The van der Waals surface area contributed by atoms with Gasteiger partial charge in [0.05, 0.1) is 25.7 Å². The average Bonchev–Trinajstić information content (AvgIpc) is 3.67. The molecule has 1 heterocycles. The van der Waals surface area contributed by atoms with Crippen molar-refractivity contribution in [1.82, 2.24) is 10.2 Å². The highest BCUT2D eigenvalue weighted by molar-refractivity contribution is 5.96. The number of carbonyl (C=O) groups excluding carboxylic acids is 3. The van der Waals surface area contributed by atoms with Crippen molar-refractivity contribution < 1.29 is 34.1 Å². The summed E-state index contributed by atoms with van der Waals surface area (Å²) in [4.78, 5) is 40.2. The second-order valence-electron chi connectivity index (χ2n) is 10.6. The molecule has 1 aromatic carbocycles. The van der Waals surface area contributed by atoms with Gasteiger partial charge >= 0.3 is 0 Å². The molecule has 208 valence electrons. The fraction of sp³-hybridized carbons (Fsp3) is 0.621. The number of unbranched alkanes of at least 4 members (excludes halogenated alkanes) is 4. The maximum absolute atomic E-state index is 13.5. The lowest BCUT2D eigenvalue weighted by Crippen LogP contribution is -2.56. The van der Waals surface area contributed by atoms with Crippen molar-refractivity contribution in [3.8, 4) is 11.5 Å². The Bertz CT molecular complexity index is 1050. The summed E-state index contributed by atoms with van der Waals surface area (Å²) in [7, 11) is 1.47. The zero-order valence-corrected chi connectivity index (χ0v) is 22.4. The molecule has 2 aliphatic carbocycles. The SMILES string of the molecule is CCCCCCCC(=O)N(CC1CC1)[C@@H]1C=C(C(=O)NCCO)[C@@H]2c3cc(C=O)cc(OC)c3O[C@@H]2[C@H]1O. The second kappa shape index (κ2) is 12.8. The van der Waals surface area contributed by atoms with Gasteiger partial charge in [-0.15, -0.1) is 0 Å². The highest BCUT2D eigenvalue weighted by Gasteiger charge is 2.51. The van der Waals surface area contributed by atoms with E-state index >= 15 is 0 Å². The van der Waals surface area contributed by atoms with Crippen LogP contribution in [0.2, 0.25) is 0 Å². The van der Waals surface area contributed by atoms with E-state index in [-0.39, 0.29) is 19.1 Å². The predicted molar refractivity (Wildman–Crippen MR) is 141 cm³/mol. The molecule has 0 unspecified atom stereocenters. The number of aliphatic hydroxyl groups is 2. The van der Waals surface area contributed by atoms with Crippen LogP contribution >= 0.6 is 0 Å². The number of fused-ring (bicyclic) bond motifs is 3. The van der Waals surface area contributed by atoms with Crippen molar-refractivity contribution in [2.45, 2.75) is 82.5 Å². The summed E-state index contributed by atoms with van der Waals surface area (Å²) in [5.74, 6) is 0.0204. The number of rotatable bonds is 14. The molecule has 0 spiro atoms. The number of nitrogens with zero attached hydrogens (tertiary/aromatic N) is 1. The molecular formula is C29H40N2O7. The number of ether oxygens (including phenoxy) is 2. The van der Waals surface area contributed by atoms with Gasteiger partial charge in [0.2, 0.25) is 11.8 Å². The van der Waals surface area contributed by atoms with Gasteiger partial charge in [-0.1, -0.05) is 32.6 Å². The Hall–Kier alpha value is -2.91. The zero-order chi connectivity index (χ0) is 27.2. The van der Waals surface area contributed by atoms with E-state index in [1.807, 2.05) is 0 Å². The third kappa shape index (κ3) is 6.04. The number of hydrogen-bond donors (Lipinski definition) is 3. The maximum Gasteiger partial charge on any atom is 0.247 e. The maximum atomic E-state index is 13.5. The molecule has 9 heteroatoms. The molecule has 1 saturated carbocycles. The Morgan fingerprint density at radius 1 is 1.21 bits per heavy atom. The van der Waals surface area contributed by atoms with E-state index in [0.29, 0.717) is 53.4 Å². The molecule has 1 aromatic rings. The van der Waals surface area contributed by atoms with Crippen LogP contribution in [0.1, 0.15) is 80.1 Å². The molecule has 0 aromatic heterocycles. The number of carbonyl (C=O) groups is 3. The molecule has 3 aliphatic rings. The number of nitrogens with one attached hydrogen (secondary N) is 1. The summed E-state index contributed by atoms with van der Waals surface area (Å²) in [6.07, 6.45) is 8.06. The number of hydrogen-bond acceptors (Lipinski definition) is 7. The first-order valence-corrected chi connectivity index (χ1v) is 13.9. The Labute approximate surface area is 224 Å². The predicted octanol–water partition coefficient (Wildman–Crippen LogP) is 2.73. The van der Waals surface area contributed by atoms with Crippen LogP contribution in [0.15, 0.2) is 23.8 Å². The molecular weight excluding hydrogens is 488 g/mol. The van der Waals surface area contributed by atoms with Crippen LogP contribution in [-0.2, 0) is 9.59 Å². The van der Waals surface area contributed by atoms with Gasteiger partial charge in [-0.2, -0.15) is 0 Å². The highest BCUT2D eigenvalue weighted by Crippen LogP contribution is 2.51. The molecule has 4 rings (SSSR count). The minimum absolute atomic E-state index is 0.0291. The largest absolute Gasteiger partial charge is 0.493 e. The minimum Gasteiger partial charge on any atom is -0.493 e. The number of methoxy groups -OCH3 is 1. The monoisotopic (exact) mass is 528 g/mol. The topological polar surface area (TPSA) is 125 Å². The van der Waals surface area contributed by atoms with Crippen molar-refractivity contribution >= 4 is 18.1 Å². The first kappa shape index (κ1) is 28.1. The smallest absolute Gasteiger partial charge is 0.247 e. The first-order valence-electron chi connectivity index (χ1n) is 13.9. The number of aldehydes is 1. The van der Waals surface area contributed by atoms with Gasteiger partial charge in [0.25, 0.3) is 0 Å². The second-order valence-corrected chi connectivity index (χ2v) is 10.6. The van der Waals surface area contributed by atoms with E-state index in [9.17, 15) is 24.6 Å². The lowest BCUT2D eigenvalue weighted by molar-refractivity contribution is -0.137. The van der Waals surface area contributed by atoms with Crippen LogP contribution in [0, 0.1) is 5.92 Å². The van der Waals surface area contributed by atoms with Crippen molar-refractivity contribution in [3.05, 3.63) is 34.9 Å². The summed E-state index contributed by atoms with van der Waals surface area (Å²) in [5.41, 5.74) is 1.29. The molecule has 0 bridgehead atoms. The van der Waals surface area contributed by atoms with E-state index in [1.165, 1.54) is 7.11 Å². The number of aliphatic hydroxyl groups excluding tert-OH is 2. The van der Waals surface area contributed by atoms with Gasteiger partial charge in [-0.3, -0.25) is 14.4 Å². The van der Waals surface area contributed by atoms with Gasteiger partial charge in [0.15, 0.2) is 11.5 Å².